The van der Waals surface area contributed by atoms with E-state index in [1.807, 2.05) is 16.7 Å². The normalized spacial score (nSPS) is 27.8. The molecule has 1 aromatic carbocycles. The van der Waals surface area contributed by atoms with E-state index in [-0.39, 0.29) is 30.1 Å². The highest BCUT2D eigenvalue weighted by Gasteiger charge is 2.42. The van der Waals surface area contributed by atoms with Gasteiger partial charge in [-0.2, -0.15) is 11.8 Å². The van der Waals surface area contributed by atoms with E-state index < -0.39 is 6.23 Å². The third kappa shape index (κ3) is 5.47. The van der Waals surface area contributed by atoms with Crippen LogP contribution in [0.25, 0.3) is 10.4 Å². The SMILES string of the molecule is [N-]=[N+]=Nc1ccc(C(=O)NC2CCN(C(O)CCCCC3SCC4NC(=O)NC43)C2)cc1. The molecule has 0 saturated carbocycles. The van der Waals surface area contributed by atoms with Gasteiger partial charge in [-0.1, -0.05) is 23.7 Å². The summed E-state index contributed by atoms with van der Waals surface area (Å²) in [6.45, 7) is 1.38. The van der Waals surface area contributed by atoms with Gasteiger partial charge in [0.1, 0.15) is 6.23 Å². The van der Waals surface area contributed by atoms with Crippen LogP contribution in [-0.4, -0.2) is 70.4 Å². The molecule has 3 fully saturated rings. The van der Waals surface area contributed by atoms with E-state index in [4.69, 9.17) is 5.53 Å². The fraction of sp³-hybridized carbons (Fsp3) is 0.619. The molecule has 3 aliphatic rings. The first kappa shape index (κ1) is 22.7. The van der Waals surface area contributed by atoms with E-state index >= 15 is 0 Å². The summed E-state index contributed by atoms with van der Waals surface area (Å²) in [6, 6.07) is 6.93. The summed E-state index contributed by atoms with van der Waals surface area (Å²) in [4.78, 5) is 28.7. The largest absolute Gasteiger partial charge is 0.378 e. The number of azide groups is 1. The first-order chi connectivity index (χ1) is 15.5. The van der Waals surface area contributed by atoms with Crippen molar-refractivity contribution in [1.82, 2.24) is 20.9 Å². The number of nitrogens with one attached hydrogen (secondary N) is 3. The zero-order valence-corrected chi connectivity index (χ0v) is 18.6. The molecular weight excluding hydrogens is 430 g/mol. The highest BCUT2D eigenvalue weighted by molar-refractivity contribution is 8.00. The number of amides is 3. The van der Waals surface area contributed by atoms with Gasteiger partial charge >= 0.3 is 6.03 Å². The molecule has 1 aromatic rings. The third-order valence-electron chi connectivity index (χ3n) is 6.41. The minimum Gasteiger partial charge on any atom is -0.378 e. The number of aliphatic hydroxyl groups excluding tert-OH is 1. The number of unbranched alkanes of at least 4 members (excludes halogenated alkanes) is 1. The van der Waals surface area contributed by atoms with E-state index in [1.165, 1.54) is 0 Å². The van der Waals surface area contributed by atoms with Gasteiger partial charge in [-0.05, 0) is 43.3 Å². The Hall–Kier alpha value is -2.46. The van der Waals surface area contributed by atoms with E-state index in [2.05, 4.69) is 26.0 Å². The average Bonchev–Trinajstić information content (AvgIpc) is 3.48. The van der Waals surface area contributed by atoms with Crippen molar-refractivity contribution in [3.05, 3.63) is 40.3 Å². The van der Waals surface area contributed by atoms with Crippen LogP contribution in [0.5, 0.6) is 0 Å². The molecule has 0 spiro atoms. The number of urea groups is 1. The Morgan fingerprint density at radius 2 is 2.16 bits per heavy atom. The molecule has 3 heterocycles. The van der Waals surface area contributed by atoms with Crippen LogP contribution in [0.3, 0.4) is 0 Å². The van der Waals surface area contributed by atoms with Crippen LogP contribution in [0, 0.1) is 0 Å². The van der Waals surface area contributed by atoms with E-state index in [0.29, 0.717) is 29.5 Å². The van der Waals surface area contributed by atoms with Crippen LogP contribution < -0.4 is 16.0 Å². The van der Waals surface area contributed by atoms with Gasteiger partial charge in [-0.25, -0.2) is 4.79 Å². The highest BCUT2D eigenvalue weighted by Crippen LogP contribution is 2.33. The van der Waals surface area contributed by atoms with E-state index in [0.717, 1.165) is 38.0 Å². The van der Waals surface area contributed by atoms with Crippen molar-refractivity contribution in [2.75, 3.05) is 18.8 Å². The number of likely N-dealkylation sites (tertiary alicyclic amines) is 1. The number of aliphatic hydroxyl groups is 1. The van der Waals surface area contributed by atoms with Crippen LogP contribution in [0.4, 0.5) is 10.5 Å². The van der Waals surface area contributed by atoms with Crippen molar-refractivity contribution in [3.63, 3.8) is 0 Å². The Morgan fingerprint density at radius 3 is 2.94 bits per heavy atom. The summed E-state index contributed by atoms with van der Waals surface area (Å²) in [5.74, 6) is 0.801. The van der Waals surface area contributed by atoms with Crippen molar-refractivity contribution in [1.29, 1.82) is 0 Å². The minimum absolute atomic E-state index is 0.000689. The van der Waals surface area contributed by atoms with Gasteiger partial charge < -0.3 is 21.1 Å². The molecule has 3 aliphatic heterocycles. The topological polar surface area (TPSA) is 142 Å². The summed E-state index contributed by atoms with van der Waals surface area (Å²) >= 11 is 1.92. The molecule has 4 rings (SSSR count). The molecule has 172 valence electrons. The summed E-state index contributed by atoms with van der Waals surface area (Å²) in [6.07, 6.45) is 4.00. The molecule has 0 radical (unpaired) electrons. The van der Waals surface area contributed by atoms with Gasteiger partial charge in [0, 0.05) is 46.3 Å². The zero-order chi connectivity index (χ0) is 22.5. The summed E-state index contributed by atoms with van der Waals surface area (Å²) in [5.41, 5.74) is 9.44. The standard InChI is InChI=1S/C21H29N7O3S/c22-27-26-14-7-5-13(6-8-14)20(30)23-15-9-10-28(11-15)18(29)4-2-1-3-17-19-16(12-32-17)24-21(31)25-19/h5-8,15-19,29H,1-4,9-12H2,(H,23,30)(H2,24,25,31). The number of carbonyl (C=O) groups excluding carboxylic acids is 2. The van der Waals surface area contributed by atoms with Crippen molar-refractivity contribution in [3.8, 4) is 0 Å². The Kier molecular flexibility index (Phi) is 7.41. The second-order valence-corrected chi connectivity index (χ2v) is 9.85. The molecule has 5 atom stereocenters. The quantitative estimate of drug-likeness (QED) is 0.147. The summed E-state index contributed by atoms with van der Waals surface area (Å²) in [5, 5.41) is 23.5. The van der Waals surface area contributed by atoms with Crippen molar-refractivity contribution >= 4 is 29.4 Å². The number of rotatable bonds is 9. The van der Waals surface area contributed by atoms with Crippen LogP contribution in [-0.2, 0) is 0 Å². The minimum atomic E-state index is -0.503. The van der Waals surface area contributed by atoms with Crippen LogP contribution in [0.1, 0.15) is 42.5 Å². The number of thioether (sulfide) groups is 1. The molecule has 3 saturated heterocycles. The Bertz CT molecular complexity index is 877. The molecule has 3 amide bonds. The Labute approximate surface area is 191 Å². The zero-order valence-electron chi connectivity index (χ0n) is 17.8. The average molecular weight is 460 g/mol. The number of nitrogens with zero attached hydrogens (tertiary/aromatic N) is 4. The van der Waals surface area contributed by atoms with Crippen LogP contribution in [0.15, 0.2) is 29.4 Å². The Morgan fingerprint density at radius 1 is 1.34 bits per heavy atom. The number of fused-ring (bicyclic) bond motifs is 1. The molecular formula is C21H29N7O3S. The monoisotopic (exact) mass is 459 g/mol. The number of hydrogen-bond donors (Lipinski definition) is 4. The van der Waals surface area contributed by atoms with Crippen LogP contribution in [0.2, 0.25) is 0 Å². The number of carbonyl (C=O) groups is 2. The summed E-state index contributed by atoms with van der Waals surface area (Å²) < 4.78 is 0. The highest BCUT2D eigenvalue weighted by atomic mass is 32.2. The molecule has 5 unspecified atom stereocenters. The first-order valence-electron chi connectivity index (χ1n) is 11.1. The van der Waals surface area contributed by atoms with Gasteiger partial charge in [0.25, 0.3) is 5.91 Å². The maximum atomic E-state index is 12.5. The second kappa shape index (κ2) is 10.4. The van der Waals surface area contributed by atoms with Crippen molar-refractivity contribution in [2.24, 2.45) is 5.11 Å². The lowest BCUT2D eigenvalue weighted by atomic mass is 10.0. The molecule has 0 aliphatic carbocycles. The molecule has 4 N–H and O–H groups in total. The first-order valence-corrected chi connectivity index (χ1v) is 12.1. The molecule has 0 bridgehead atoms. The predicted octanol–water partition coefficient (Wildman–Crippen LogP) is 2.48. The maximum Gasteiger partial charge on any atom is 0.315 e. The molecule has 10 nitrogen and oxygen atoms in total. The maximum absolute atomic E-state index is 12.5. The lowest BCUT2D eigenvalue weighted by Gasteiger charge is -2.23. The molecule has 32 heavy (non-hydrogen) atoms. The fourth-order valence-electron chi connectivity index (χ4n) is 4.67. The number of benzene rings is 1. The number of hydrogen-bond acceptors (Lipinski definition) is 6. The van der Waals surface area contributed by atoms with Crippen molar-refractivity contribution < 1.29 is 14.7 Å². The van der Waals surface area contributed by atoms with Gasteiger partial charge in [-0.15, -0.1) is 0 Å². The molecule has 11 heteroatoms. The molecule has 0 aromatic heterocycles. The van der Waals surface area contributed by atoms with E-state index in [9.17, 15) is 14.7 Å². The van der Waals surface area contributed by atoms with Crippen molar-refractivity contribution in [2.45, 2.75) is 61.7 Å². The lowest BCUT2D eigenvalue weighted by Crippen LogP contribution is -2.40. The van der Waals surface area contributed by atoms with E-state index in [1.54, 1.807) is 24.3 Å². The van der Waals surface area contributed by atoms with Gasteiger partial charge in [-0.3, -0.25) is 9.69 Å². The van der Waals surface area contributed by atoms with Gasteiger partial charge in [0.15, 0.2) is 0 Å². The second-order valence-electron chi connectivity index (χ2n) is 8.58. The Balaban J connectivity index is 1.14. The predicted molar refractivity (Wildman–Crippen MR) is 123 cm³/mol. The fourth-order valence-corrected chi connectivity index (χ4v) is 6.22. The smallest absolute Gasteiger partial charge is 0.315 e. The van der Waals surface area contributed by atoms with Gasteiger partial charge in [0.2, 0.25) is 0 Å². The third-order valence-corrected chi connectivity index (χ3v) is 7.91. The lowest BCUT2D eigenvalue weighted by molar-refractivity contribution is 0.0106. The van der Waals surface area contributed by atoms with Gasteiger partial charge in [0.05, 0.1) is 12.1 Å². The van der Waals surface area contributed by atoms with Crippen LogP contribution >= 0.6 is 11.8 Å². The summed E-state index contributed by atoms with van der Waals surface area (Å²) in [7, 11) is 0.